The van der Waals surface area contributed by atoms with Gasteiger partial charge in [-0.25, -0.2) is 13.2 Å². The lowest BCUT2D eigenvalue weighted by Crippen LogP contribution is -2.33. The molecular weight excluding hydrogens is 332 g/mol. The summed E-state index contributed by atoms with van der Waals surface area (Å²) >= 11 is 0. The van der Waals surface area contributed by atoms with Gasteiger partial charge in [-0.15, -0.1) is 0 Å². The Morgan fingerprint density at radius 2 is 2.12 bits per heavy atom. The van der Waals surface area contributed by atoms with E-state index in [1.165, 1.54) is 13.2 Å². The minimum atomic E-state index is -3.76. The summed E-state index contributed by atoms with van der Waals surface area (Å²) in [6.07, 6.45) is 3.37. The van der Waals surface area contributed by atoms with Crippen LogP contribution in [0.25, 0.3) is 10.9 Å². The van der Waals surface area contributed by atoms with Crippen LogP contribution in [0.15, 0.2) is 18.3 Å². The van der Waals surface area contributed by atoms with Crippen molar-refractivity contribution in [3.05, 3.63) is 29.5 Å². The molecule has 0 saturated heterocycles. The summed E-state index contributed by atoms with van der Waals surface area (Å²) in [7, 11) is -2.49. The van der Waals surface area contributed by atoms with Gasteiger partial charge >= 0.3 is 5.97 Å². The highest BCUT2D eigenvalue weighted by Gasteiger charge is 2.54. The summed E-state index contributed by atoms with van der Waals surface area (Å²) in [6, 6.07) is 3.14. The Balaban J connectivity index is 2.12. The molecule has 1 aliphatic rings. The first-order valence-corrected chi connectivity index (χ1v) is 9.21. The molecule has 3 N–H and O–H groups in total. The van der Waals surface area contributed by atoms with Crippen molar-refractivity contribution in [1.82, 2.24) is 4.98 Å². The molecule has 0 amide bonds. The molecule has 0 spiro atoms. The second kappa shape index (κ2) is 5.78. The molecule has 1 aromatic carbocycles. The van der Waals surface area contributed by atoms with Crippen LogP contribution in [0, 0.1) is 0 Å². The van der Waals surface area contributed by atoms with Gasteiger partial charge in [-0.3, -0.25) is 4.72 Å². The van der Waals surface area contributed by atoms with Crippen molar-refractivity contribution in [3.63, 3.8) is 0 Å². The highest BCUT2D eigenvalue weighted by Crippen LogP contribution is 2.44. The minimum Gasteiger partial charge on any atom is -0.465 e. The fourth-order valence-corrected chi connectivity index (χ4v) is 4.28. The fourth-order valence-electron chi connectivity index (χ4n) is 2.80. The average molecular weight is 352 g/mol. The highest BCUT2D eigenvalue weighted by molar-refractivity contribution is 7.94. The molecule has 0 atom stereocenters. The number of sulfonamides is 1. The van der Waals surface area contributed by atoms with Crippen molar-refractivity contribution in [3.8, 4) is 0 Å². The predicted octanol–water partition coefficient (Wildman–Crippen LogP) is 1.78. The van der Waals surface area contributed by atoms with Crippen molar-refractivity contribution in [2.24, 2.45) is 0 Å². The van der Waals surface area contributed by atoms with Gasteiger partial charge in [0.15, 0.2) is 0 Å². The van der Waals surface area contributed by atoms with Gasteiger partial charge < -0.3 is 14.8 Å². The minimum absolute atomic E-state index is 0.269. The lowest BCUT2D eigenvalue weighted by atomic mass is 10.1. The first kappa shape index (κ1) is 16.8. The Hall–Kier alpha value is -2.06. The van der Waals surface area contributed by atoms with E-state index in [-0.39, 0.29) is 11.3 Å². The van der Waals surface area contributed by atoms with E-state index >= 15 is 0 Å². The lowest BCUT2D eigenvalue weighted by Gasteiger charge is -2.16. The molecule has 1 saturated carbocycles. The van der Waals surface area contributed by atoms with Crippen molar-refractivity contribution in [2.75, 3.05) is 18.4 Å². The van der Waals surface area contributed by atoms with Gasteiger partial charge in [0.25, 0.3) is 0 Å². The maximum atomic E-state index is 12.6. The van der Waals surface area contributed by atoms with Crippen LogP contribution < -0.4 is 4.72 Å². The van der Waals surface area contributed by atoms with Gasteiger partial charge in [0, 0.05) is 11.6 Å². The Kier molecular flexibility index (Phi) is 4.05. The zero-order valence-corrected chi connectivity index (χ0v) is 14.4. The molecule has 2 aromatic rings. The zero-order chi connectivity index (χ0) is 17.5. The molecule has 0 bridgehead atoms. The van der Waals surface area contributed by atoms with Gasteiger partial charge in [0.05, 0.1) is 30.5 Å². The summed E-state index contributed by atoms with van der Waals surface area (Å²) in [5.74, 6) is -0.538. The molecule has 7 nitrogen and oxygen atoms in total. The first-order valence-electron chi connectivity index (χ1n) is 7.73. The largest absolute Gasteiger partial charge is 0.465 e. The van der Waals surface area contributed by atoms with E-state index in [4.69, 9.17) is 4.74 Å². The number of aliphatic hydroxyl groups excluding tert-OH is 1. The molecule has 24 heavy (non-hydrogen) atoms. The van der Waals surface area contributed by atoms with E-state index < -0.39 is 27.3 Å². The molecular formula is C16H20N2O5S. The molecule has 0 aliphatic heterocycles. The monoisotopic (exact) mass is 352 g/mol. The molecule has 1 aromatic heterocycles. The van der Waals surface area contributed by atoms with E-state index in [2.05, 4.69) is 9.71 Å². The maximum Gasteiger partial charge on any atom is 0.337 e. The maximum absolute atomic E-state index is 12.6. The van der Waals surface area contributed by atoms with Crippen LogP contribution in [0.5, 0.6) is 0 Å². The van der Waals surface area contributed by atoms with E-state index in [1.807, 2.05) is 6.92 Å². The number of carbonyl (C=O) groups is 1. The molecule has 8 heteroatoms. The van der Waals surface area contributed by atoms with Crippen LogP contribution in [0.1, 0.15) is 35.7 Å². The van der Waals surface area contributed by atoms with Crippen LogP contribution in [-0.2, 0) is 21.2 Å². The SMILES string of the molecule is CCc1c[nH]c2c(NS(=O)(=O)C3(CO)CC3)cc(C(=O)OC)cc12. The molecule has 0 unspecified atom stereocenters. The van der Waals surface area contributed by atoms with Gasteiger partial charge in [-0.1, -0.05) is 6.92 Å². The first-order chi connectivity index (χ1) is 11.4. The second-order valence-corrected chi connectivity index (χ2v) is 8.13. The third-order valence-corrected chi connectivity index (χ3v) is 6.75. The van der Waals surface area contributed by atoms with Gasteiger partial charge in [0.1, 0.15) is 4.75 Å². The van der Waals surface area contributed by atoms with Gasteiger partial charge in [0.2, 0.25) is 10.0 Å². The third kappa shape index (κ3) is 2.55. The normalized spacial score (nSPS) is 16.1. The third-order valence-electron chi connectivity index (χ3n) is 4.59. The van der Waals surface area contributed by atoms with Crippen molar-refractivity contribution in [2.45, 2.75) is 30.9 Å². The number of aliphatic hydroxyl groups is 1. The number of fused-ring (bicyclic) bond motifs is 1. The lowest BCUT2D eigenvalue weighted by molar-refractivity contribution is 0.0601. The molecule has 1 fully saturated rings. The summed E-state index contributed by atoms with van der Waals surface area (Å²) in [5, 5.41) is 10.2. The quantitative estimate of drug-likeness (QED) is 0.687. The van der Waals surface area contributed by atoms with Gasteiger partial charge in [-0.2, -0.15) is 0 Å². The number of anilines is 1. The van der Waals surface area contributed by atoms with Crippen LogP contribution in [0.4, 0.5) is 5.69 Å². The van der Waals surface area contributed by atoms with E-state index in [0.717, 1.165) is 17.4 Å². The number of esters is 1. The van der Waals surface area contributed by atoms with Crippen molar-refractivity contribution in [1.29, 1.82) is 0 Å². The Bertz CT molecular complexity index is 897. The number of aromatic amines is 1. The van der Waals surface area contributed by atoms with E-state index in [1.54, 1.807) is 12.3 Å². The van der Waals surface area contributed by atoms with E-state index in [9.17, 15) is 18.3 Å². The van der Waals surface area contributed by atoms with Crippen molar-refractivity contribution < 1.29 is 23.1 Å². The highest BCUT2D eigenvalue weighted by atomic mass is 32.2. The van der Waals surface area contributed by atoms with Crippen molar-refractivity contribution >= 4 is 32.6 Å². The summed E-state index contributed by atoms with van der Waals surface area (Å²) in [6.45, 7) is 1.55. The summed E-state index contributed by atoms with van der Waals surface area (Å²) in [4.78, 5) is 15.0. The number of benzene rings is 1. The number of aromatic nitrogens is 1. The smallest absolute Gasteiger partial charge is 0.337 e. The number of H-pyrrole nitrogens is 1. The molecule has 0 radical (unpaired) electrons. The second-order valence-electron chi connectivity index (χ2n) is 6.05. The zero-order valence-electron chi connectivity index (χ0n) is 13.5. The number of hydrogen-bond donors (Lipinski definition) is 3. The van der Waals surface area contributed by atoms with Crippen LogP contribution in [0.2, 0.25) is 0 Å². The van der Waals surface area contributed by atoms with E-state index in [0.29, 0.717) is 18.4 Å². The number of aryl methyl sites for hydroxylation is 1. The fraction of sp³-hybridized carbons (Fsp3) is 0.438. The Labute approximate surface area is 140 Å². The number of ether oxygens (including phenoxy) is 1. The molecule has 1 aliphatic carbocycles. The number of hydrogen-bond acceptors (Lipinski definition) is 5. The summed E-state index contributed by atoms with van der Waals surface area (Å²) in [5.41, 5.74) is 2.13. The number of nitrogens with one attached hydrogen (secondary N) is 2. The number of methoxy groups -OCH3 is 1. The average Bonchev–Trinajstić information content (AvgIpc) is 3.28. The topological polar surface area (TPSA) is 108 Å². The number of rotatable bonds is 6. The molecule has 1 heterocycles. The standard InChI is InChI=1S/C16H20N2O5S/c1-3-10-8-17-14-12(10)6-11(15(20)23-2)7-13(14)18-24(21,22)16(9-19)4-5-16/h6-8,17-19H,3-5,9H2,1-2H3. The van der Waals surface area contributed by atoms with Crippen LogP contribution >= 0.6 is 0 Å². The van der Waals surface area contributed by atoms with Crippen LogP contribution in [-0.4, -0.2) is 42.9 Å². The number of carbonyl (C=O) groups excluding carboxylic acids is 1. The Morgan fingerprint density at radius 3 is 2.67 bits per heavy atom. The van der Waals surface area contributed by atoms with Crippen LogP contribution in [0.3, 0.4) is 0 Å². The molecule has 3 rings (SSSR count). The Morgan fingerprint density at radius 1 is 1.42 bits per heavy atom. The predicted molar refractivity (Wildman–Crippen MR) is 90.6 cm³/mol. The molecule has 130 valence electrons. The summed E-state index contributed by atoms with van der Waals surface area (Å²) < 4.78 is 31.3. The van der Waals surface area contributed by atoms with Gasteiger partial charge in [-0.05, 0) is 37.0 Å².